The molecule has 17 heavy (non-hydrogen) atoms. The maximum Gasteiger partial charge on any atom is 0.390 e. The third kappa shape index (κ3) is 10.5. The molecule has 1 unspecified atom stereocenters. The Kier molecular flexibility index (Phi) is 8.55. The molecule has 0 rings (SSSR count). The van der Waals surface area contributed by atoms with E-state index in [1.807, 2.05) is 13.8 Å². The fourth-order valence-corrected chi connectivity index (χ4v) is 1.45. The van der Waals surface area contributed by atoms with E-state index in [1.54, 1.807) is 0 Å². The van der Waals surface area contributed by atoms with Gasteiger partial charge in [-0.3, -0.25) is 0 Å². The van der Waals surface area contributed by atoms with Crippen molar-refractivity contribution in [2.45, 2.75) is 52.1 Å². The largest absolute Gasteiger partial charge is 0.390 e. The lowest BCUT2D eigenvalue weighted by atomic mass is 10.2. The molecule has 104 valence electrons. The zero-order valence-electron chi connectivity index (χ0n) is 10.6. The Morgan fingerprint density at radius 2 is 1.65 bits per heavy atom. The van der Waals surface area contributed by atoms with E-state index < -0.39 is 18.6 Å². The van der Waals surface area contributed by atoms with Gasteiger partial charge in [0.05, 0.1) is 6.42 Å². The van der Waals surface area contributed by atoms with Gasteiger partial charge in [-0.15, -0.1) is 0 Å². The summed E-state index contributed by atoms with van der Waals surface area (Å²) in [5.74, 6) is 0. The quantitative estimate of drug-likeness (QED) is 0.644. The number of hydrogen-bond acceptors (Lipinski definition) is 3. The van der Waals surface area contributed by atoms with Crippen LogP contribution in [0.3, 0.4) is 0 Å². The Morgan fingerprint density at radius 3 is 2.06 bits per heavy atom. The summed E-state index contributed by atoms with van der Waals surface area (Å²) in [5, 5.41) is 2.81. The molecule has 0 aliphatic rings. The summed E-state index contributed by atoms with van der Waals surface area (Å²) < 4.78 is 46.7. The van der Waals surface area contributed by atoms with Crippen LogP contribution >= 0.6 is 0 Å². The molecule has 0 heterocycles. The van der Waals surface area contributed by atoms with E-state index in [2.05, 4.69) is 5.32 Å². The van der Waals surface area contributed by atoms with E-state index >= 15 is 0 Å². The molecule has 0 aliphatic carbocycles. The third-order valence-electron chi connectivity index (χ3n) is 2.12. The summed E-state index contributed by atoms with van der Waals surface area (Å²) in [6, 6.07) is -0.584. The van der Waals surface area contributed by atoms with Gasteiger partial charge in [-0.1, -0.05) is 0 Å². The van der Waals surface area contributed by atoms with Crippen molar-refractivity contribution in [3.63, 3.8) is 0 Å². The molecule has 0 aliphatic heterocycles. The number of alkyl halides is 3. The highest BCUT2D eigenvalue weighted by molar-refractivity contribution is 4.66. The van der Waals surface area contributed by atoms with Gasteiger partial charge < -0.3 is 14.8 Å². The fourth-order valence-electron chi connectivity index (χ4n) is 1.45. The van der Waals surface area contributed by atoms with E-state index in [0.29, 0.717) is 26.2 Å². The molecule has 0 saturated heterocycles. The van der Waals surface area contributed by atoms with Gasteiger partial charge in [0.1, 0.15) is 0 Å². The second-order valence-corrected chi connectivity index (χ2v) is 3.80. The monoisotopic (exact) mass is 257 g/mol. The van der Waals surface area contributed by atoms with Crippen LogP contribution in [0.1, 0.15) is 33.6 Å². The summed E-state index contributed by atoms with van der Waals surface area (Å²) in [4.78, 5) is 0. The first-order valence-corrected chi connectivity index (χ1v) is 5.92. The first-order chi connectivity index (χ1) is 7.89. The predicted octanol–water partition coefficient (Wildman–Crippen LogP) is 2.71. The highest BCUT2D eigenvalue weighted by Gasteiger charge is 2.29. The van der Waals surface area contributed by atoms with E-state index in [-0.39, 0.29) is 6.29 Å². The van der Waals surface area contributed by atoms with Crippen molar-refractivity contribution in [1.82, 2.24) is 5.32 Å². The first kappa shape index (κ1) is 16.7. The molecule has 0 spiro atoms. The van der Waals surface area contributed by atoms with Gasteiger partial charge in [0.25, 0.3) is 0 Å². The molecule has 0 amide bonds. The van der Waals surface area contributed by atoms with Crippen molar-refractivity contribution in [1.29, 1.82) is 0 Å². The van der Waals surface area contributed by atoms with Gasteiger partial charge in [-0.05, 0) is 20.8 Å². The Bertz CT molecular complexity index is 182. The van der Waals surface area contributed by atoms with Gasteiger partial charge >= 0.3 is 6.18 Å². The number of ether oxygens (including phenoxy) is 2. The van der Waals surface area contributed by atoms with E-state index in [1.165, 1.54) is 6.92 Å². The van der Waals surface area contributed by atoms with Crippen LogP contribution in [0, 0.1) is 0 Å². The molecule has 6 heteroatoms. The van der Waals surface area contributed by atoms with Crippen LogP contribution in [0.2, 0.25) is 0 Å². The van der Waals surface area contributed by atoms with Crippen molar-refractivity contribution < 1.29 is 22.6 Å². The Balaban J connectivity index is 3.72. The second-order valence-electron chi connectivity index (χ2n) is 3.80. The maximum absolute atomic E-state index is 12.0. The highest BCUT2D eigenvalue weighted by Crippen LogP contribution is 2.21. The van der Waals surface area contributed by atoms with Gasteiger partial charge in [-0.2, -0.15) is 13.2 Å². The number of halogens is 3. The minimum atomic E-state index is -4.12. The van der Waals surface area contributed by atoms with Gasteiger partial charge in [-0.25, -0.2) is 0 Å². The summed E-state index contributed by atoms with van der Waals surface area (Å²) in [6.45, 7) is 6.73. The first-order valence-electron chi connectivity index (χ1n) is 5.92. The van der Waals surface area contributed by atoms with Crippen molar-refractivity contribution in [3.05, 3.63) is 0 Å². The molecule has 0 fully saturated rings. The topological polar surface area (TPSA) is 30.5 Å². The van der Waals surface area contributed by atoms with Crippen molar-refractivity contribution in [3.8, 4) is 0 Å². The number of rotatable bonds is 9. The standard InChI is InChI=1S/C11H22F3NO2/c1-4-16-10(17-5-2)6-7-15-9(3)8-11(12,13)14/h9-10,15H,4-8H2,1-3H3. The highest BCUT2D eigenvalue weighted by atomic mass is 19.4. The molecule has 0 bridgehead atoms. The smallest absolute Gasteiger partial charge is 0.353 e. The SMILES string of the molecule is CCOC(CCNC(C)CC(F)(F)F)OCC. The molecule has 3 nitrogen and oxygen atoms in total. The minimum Gasteiger partial charge on any atom is -0.353 e. The van der Waals surface area contributed by atoms with Gasteiger partial charge in [0.15, 0.2) is 6.29 Å². The zero-order chi connectivity index (χ0) is 13.3. The maximum atomic E-state index is 12.0. The molecule has 1 atom stereocenters. The van der Waals surface area contributed by atoms with Crippen LogP contribution in [0.4, 0.5) is 13.2 Å². The van der Waals surface area contributed by atoms with E-state index in [4.69, 9.17) is 9.47 Å². The van der Waals surface area contributed by atoms with Crippen LogP contribution in [-0.2, 0) is 9.47 Å². The Morgan fingerprint density at radius 1 is 1.12 bits per heavy atom. The minimum absolute atomic E-state index is 0.337. The molecule has 1 N–H and O–H groups in total. The molecular formula is C11H22F3NO2. The third-order valence-corrected chi connectivity index (χ3v) is 2.12. The van der Waals surface area contributed by atoms with E-state index in [9.17, 15) is 13.2 Å². The van der Waals surface area contributed by atoms with Crippen LogP contribution in [0.15, 0.2) is 0 Å². The Hall–Kier alpha value is -0.330. The normalized spacial score (nSPS) is 14.3. The summed E-state index contributed by atoms with van der Waals surface area (Å²) in [5.41, 5.74) is 0. The van der Waals surface area contributed by atoms with Gasteiger partial charge in [0.2, 0.25) is 0 Å². The van der Waals surface area contributed by atoms with Crippen LogP contribution in [-0.4, -0.2) is 38.3 Å². The van der Waals surface area contributed by atoms with Gasteiger partial charge in [0, 0.05) is 32.2 Å². The average Bonchev–Trinajstić information content (AvgIpc) is 2.15. The van der Waals surface area contributed by atoms with Crippen molar-refractivity contribution >= 4 is 0 Å². The van der Waals surface area contributed by atoms with Crippen LogP contribution in [0.5, 0.6) is 0 Å². The summed E-state index contributed by atoms with van der Waals surface area (Å²) >= 11 is 0. The molecule has 0 saturated carbocycles. The fraction of sp³-hybridized carbons (Fsp3) is 1.00. The molecule has 0 radical (unpaired) electrons. The average molecular weight is 257 g/mol. The van der Waals surface area contributed by atoms with Crippen molar-refractivity contribution in [2.75, 3.05) is 19.8 Å². The van der Waals surface area contributed by atoms with Crippen molar-refractivity contribution in [2.24, 2.45) is 0 Å². The lowest BCUT2D eigenvalue weighted by Crippen LogP contribution is -2.34. The second kappa shape index (κ2) is 8.72. The lowest BCUT2D eigenvalue weighted by molar-refractivity contribution is -0.143. The summed E-state index contributed by atoms with van der Waals surface area (Å²) in [7, 11) is 0. The Labute approximate surface area is 101 Å². The lowest BCUT2D eigenvalue weighted by Gasteiger charge is -2.19. The summed E-state index contributed by atoms with van der Waals surface area (Å²) in [6.07, 6.45) is -4.73. The number of nitrogens with one attached hydrogen (secondary N) is 1. The molecule has 0 aromatic rings. The van der Waals surface area contributed by atoms with Crippen LogP contribution in [0.25, 0.3) is 0 Å². The molecule has 0 aromatic heterocycles. The number of hydrogen-bond donors (Lipinski definition) is 1. The van der Waals surface area contributed by atoms with Crippen LogP contribution < -0.4 is 5.32 Å². The zero-order valence-corrected chi connectivity index (χ0v) is 10.6. The predicted molar refractivity (Wildman–Crippen MR) is 59.8 cm³/mol. The molecule has 0 aromatic carbocycles. The van der Waals surface area contributed by atoms with E-state index in [0.717, 1.165) is 0 Å². The molecular weight excluding hydrogens is 235 g/mol.